The summed E-state index contributed by atoms with van der Waals surface area (Å²) in [6, 6.07) is 11.1. The molecule has 2 heterocycles. The van der Waals surface area contributed by atoms with Crippen molar-refractivity contribution < 1.29 is 28.7 Å². The Hall–Kier alpha value is -3.26. The predicted octanol–water partition coefficient (Wildman–Crippen LogP) is 1.60. The van der Waals surface area contributed by atoms with E-state index in [2.05, 4.69) is 10.6 Å². The van der Waals surface area contributed by atoms with E-state index in [1.54, 1.807) is 19.2 Å². The smallest absolute Gasteiger partial charge is 0.279 e. The van der Waals surface area contributed by atoms with E-state index in [4.69, 9.17) is 14.2 Å². The molecule has 0 aliphatic carbocycles. The van der Waals surface area contributed by atoms with Crippen LogP contribution in [-0.2, 0) is 9.59 Å². The maximum absolute atomic E-state index is 12.7. The lowest BCUT2D eigenvalue weighted by Crippen LogP contribution is -3.14. The number of hydrogen-bond donors (Lipinski definition) is 3. The number of carbonyl (C=O) groups excluding carboxylic acids is 2. The number of amides is 2. The third kappa shape index (κ3) is 5.08. The molecule has 3 N–H and O–H groups in total. The normalized spacial score (nSPS) is 19.5. The number of nitrogens with one attached hydrogen (secondary N) is 3. The van der Waals surface area contributed by atoms with E-state index in [1.807, 2.05) is 31.2 Å². The van der Waals surface area contributed by atoms with Crippen LogP contribution in [0.4, 0.5) is 11.4 Å². The van der Waals surface area contributed by atoms with Gasteiger partial charge in [-0.15, -0.1) is 0 Å². The summed E-state index contributed by atoms with van der Waals surface area (Å²) >= 11 is 0. The van der Waals surface area contributed by atoms with Crippen LogP contribution in [0.2, 0.25) is 0 Å². The molecule has 1 fully saturated rings. The number of benzene rings is 2. The summed E-state index contributed by atoms with van der Waals surface area (Å²) in [4.78, 5) is 26.4. The van der Waals surface area contributed by atoms with Crippen LogP contribution < -0.4 is 29.7 Å². The number of fused-ring (bicyclic) bond motifs is 1. The van der Waals surface area contributed by atoms with E-state index in [0.717, 1.165) is 31.5 Å². The Kier molecular flexibility index (Phi) is 6.27. The molecule has 1 saturated heterocycles. The standard InChI is InChI=1S/C23H27N3O5/c1-15-3-5-19(29-2)18(11-15)25-22(27)13-26-9-7-16(8-10-26)23(28)24-17-4-6-20-21(12-17)31-14-30-20/h3-6,11-12,16H,7-10,13-14H2,1-2H3,(H,24,28)(H,25,27)/p+1. The topological polar surface area (TPSA) is 90.3 Å². The Morgan fingerprint density at radius 3 is 2.61 bits per heavy atom. The van der Waals surface area contributed by atoms with Crippen LogP contribution in [-0.4, -0.2) is 45.4 Å². The number of rotatable bonds is 6. The Morgan fingerprint density at radius 1 is 1.06 bits per heavy atom. The lowest BCUT2D eigenvalue weighted by atomic mass is 9.95. The number of piperidine rings is 1. The van der Waals surface area contributed by atoms with Crippen molar-refractivity contribution in [2.45, 2.75) is 19.8 Å². The Bertz CT molecular complexity index is 970. The number of anilines is 2. The Balaban J connectivity index is 1.25. The number of ether oxygens (including phenoxy) is 3. The molecule has 0 unspecified atom stereocenters. The summed E-state index contributed by atoms with van der Waals surface area (Å²) in [7, 11) is 1.59. The minimum absolute atomic E-state index is 0.00636. The van der Waals surface area contributed by atoms with Gasteiger partial charge in [0.05, 0.1) is 25.9 Å². The van der Waals surface area contributed by atoms with Gasteiger partial charge < -0.3 is 29.7 Å². The van der Waals surface area contributed by atoms with Crippen molar-refractivity contribution in [3.8, 4) is 17.2 Å². The maximum atomic E-state index is 12.7. The zero-order valence-electron chi connectivity index (χ0n) is 17.8. The molecule has 0 atom stereocenters. The van der Waals surface area contributed by atoms with Crippen LogP contribution in [0.25, 0.3) is 0 Å². The fourth-order valence-electron chi connectivity index (χ4n) is 4.02. The minimum atomic E-state index is -0.0610. The van der Waals surface area contributed by atoms with Crippen molar-refractivity contribution in [1.82, 2.24) is 0 Å². The average Bonchev–Trinajstić information content (AvgIpc) is 3.22. The molecule has 2 aliphatic rings. The van der Waals surface area contributed by atoms with Crippen molar-refractivity contribution >= 4 is 23.2 Å². The number of quaternary nitrogens is 1. The van der Waals surface area contributed by atoms with Crippen LogP contribution in [0.1, 0.15) is 18.4 Å². The van der Waals surface area contributed by atoms with Gasteiger partial charge in [0.25, 0.3) is 5.91 Å². The molecule has 31 heavy (non-hydrogen) atoms. The molecule has 4 rings (SSSR count). The van der Waals surface area contributed by atoms with Gasteiger partial charge >= 0.3 is 0 Å². The van der Waals surface area contributed by atoms with Gasteiger partial charge in [-0.2, -0.15) is 0 Å². The van der Waals surface area contributed by atoms with Gasteiger partial charge in [-0.1, -0.05) is 6.07 Å². The summed E-state index contributed by atoms with van der Waals surface area (Å²) < 4.78 is 16.0. The summed E-state index contributed by atoms with van der Waals surface area (Å²) in [6.07, 6.45) is 1.49. The molecule has 2 aromatic rings. The first-order chi connectivity index (χ1) is 15.0. The predicted molar refractivity (Wildman–Crippen MR) is 116 cm³/mol. The highest BCUT2D eigenvalue weighted by Crippen LogP contribution is 2.34. The van der Waals surface area contributed by atoms with Gasteiger partial charge in [-0.3, -0.25) is 9.59 Å². The van der Waals surface area contributed by atoms with Gasteiger partial charge in [0.2, 0.25) is 12.7 Å². The number of likely N-dealkylation sites (tertiary alicyclic amines) is 1. The molecule has 2 aliphatic heterocycles. The van der Waals surface area contributed by atoms with Gasteiger partial charge in [0.1, 0.15) is 5.75 Å². The van der Waals surface area contributed by atoms with Crippen molar-refractivity contribution in [3.05, 3.63) is 42.0 Å². The first kappa shape index (κ1) is 21.0. The van der Waals surface area contributed by atoms with Gasteiger partial charge in [0.15, 0.2) is 18.0 Å². The molecule has 0 aromatic heterocycles. The average molecular weight is 426 g/mol. The Morgan fingerprint density at radius 2 is 1.84 bits per heavy atom. The SMILES string of the molecule is COc1ccc(C)cc1NC(=O)C[NH+]1CCC(C(=O)Nc2ccc3c(c2)OCO3)CC1. The number of methoxy groups -OCH3 is 1. The van der Waals surface area contributed by atoms with Crippen LogP contribution in [0, 0.1) is 12.8 Å². The van der Waals surface area contributed by atoms with Gasteiger partial charge in [0, 0.05) is 30.5 Å². The van der Waals surface area contributed by atoms with Gasteiger partial charge in [-0.05, 0) is 36.8 Å². The van der Waals surface area contributed by atoms with E-state index in [0.29, 0.717) is 35.2 Å². The summed E-state index contributed by atoms with van der Waals surface area (Å²) in [5.41, 5.74) is 2.44. The first-order valence-corrected chi connectivity index (χ1v) is 10.5. The van der Waals surface area contributed by atoms with E-state index in [-0.39, 0.29) is 24.5 Å². The van der Waals surface area contributed by atoms with Crippen LogP contribution in [0.5, 0.6) is 17.2 Å². The van der Waals surface area contributed by atoms with E-state index in [9.17, 15) is 9.59 Å². The third-order valence-electron chi connectivity index (χ3n) is 5.74. The highest BCUT2D eigenvalue weighted by atomic mass is 16.7. The molecule has 2 aromatic carbocycles. The summed E-state index contributed by atoms with van der Waals surface area (Å²) in [5, 5.41) is 5.92. The van der Waals surface area contributed by atoms with Crippen molar-refractivity contribution in [2.75, 3.05) is 44.2 Å². The number of carbonyl (C=O) groups is 2. The molecular formula is C23H28N3O5+. The highest BCUT2D eigenvalue weighted by Gasteiger charge is 2.29. The molecular weight excluding hydrogens is 398 g/mol. The lowest BCUT2D eigenvalue weighted by molar-refractivity contribution is -0.897. The monoisotopic (exact) mass is 426 g/mol. The van der Waals surface area contributed by atoms with Gasteiger partial charge in [-0.25, -0.2) is 0 Å². The molecule has 164 valence electrons. The summed E-state index contributed by atoms with van der Waals surface area (Å²) in [5.74, 6) is 1.88. The molecule has 0 spiro atoms. The summed E-state index contributed by atoms with van der Waals surface area (Å²) in [6.45, 7) is 4.10. The zero-order valence-corrected chi connectivity index (χ0v) is 17.8. The largest absolute Gasteiger partial charge is 0.495 e. The third-order valence-corrected chi connectivity index (χ3v) is 5.74. The van der Waals surface area contributed by atoms with E-state index >= 15 is 0 Å². The molecule has 8 heteroatoms. The van der Waals surface area contributed by atoms with E-state index < -0.39 is 0 Å². The van der Waals surface area contributed by atoms with Crippen LogP contribution in [0.15, 0.2) is 36.4 Å². The second kappa shape index (κ2) is 9.26. The Labute approximate surface area is 181 Å². The fourth-order valence-corrected chi connectivity index (χ4v) is 4.02. The maximum Gasteiger partial charge on any atom is 0.279 e. The second-order valence-corrected chi connectivity index (χ2v) is 8.01. The first-order valence-electron chi connectivity index (χ1n) is 10.5. The fraction of sp³-hybridized carbons (Fsp3) is 0.391. The van der Waals surface area contributed by atoms with Crippen molar-refractivity contribution in [3.63, 3.8) is 0 Å². The van der Waals surface area contributed by atoms with E-state index in [1.165, 1.54) is 4.90 Å². The molecule has 0 saturated carbocycles. The second-order valence-electron chi connectivity index (χ2n) is 8.01. The zero-order chi connectivity index (χ0) is 21.8. The molecule has 8 nitrogen and oxygen atoms in total. The molecule has 2 amide bonds. The molecule has 0 radical (unpaired) electrons. The van der Waals surface area contributed by atoms with Crippen molar-refractivity contribution in [2.24, 2.45) is 5.92 Å². The quantitative estimate of drug-likeness (QED) is 0.653. The van der Waals surface area contributed by atoms with Crippen LogP contribution >= 0.6 is 0 Å². The molecule has 0 bridgehead atoms. The number of hydrogen-bond acceptors (Lipinski definition) is 5. The highest BCUT2D eigenvalue weighted by molar-refractivity contribution is 5.93. The van der Waals surface area contributed by atoms with Crippen molar-refractivity contribution in [1.29, 1.82) is 0 Å². The minimum Gasteiger partial charge on any atom is -0.495 e. The van der Waals surface area contributed by atoms with Crippen LogP contribution in [0.3, 0.4) is 0 Å². The lowest BCUT2D eigenvalue weighted by Gasteiger charge is -2.28. The number of aryl methyl sites for hydroxylation is 1.